The van der Waals surface area contributed by atoms with Gasteiger partial charge >= 0.3 is 0 Å². The van der Waals surface area contributed by atoms with Crippen LogP contribution in [0.2, 0.25) is 0 Å². The molecule has 1 amide bonds. The molecule has 126 valence electrons. The van der Waals surface area contributed by atoms with E-state index in [1.54, 1.807) is 12.1 Å². The molecule has 0 aromatic heterocycles. The van der Waals surface area contributed by atoms with Crippen LogP contribution in [0.3, 0.4) is 0 Å². The first-order valence-electron chi connectivity index (χ1n) is 8.96. The van der Waals surface area contributed by atoms with Crippen LogP contribution in [0.15, 0.2) is 24.3 Å². The second kappa shape index (κ2) is 7.43. The predicted octanol–water partition coefficient (Wildman–Crippen LogP) is 3.14. The Labute approximate surface area is 138 Å². The quantitative estimate of drug-likeness (QED) is 0.895. The van der Waals surface area contributed by atoms with Crippen LogP contribution in [-0.2, 0) is 10.2 Å². The first-order valence-corrected chi connectivity index (χ1v) is 8.96. The number of carbonyl (C=O) groups excluding carboxylic acids is 1. The van der Waals surface area contributed by atoms with Gasteiger partial charge in [-0.15, -0.1) is 0 Å². The summed E-state index contributed by atoms with van der Waals surface area (Å²) in [6.45, 7) is 2.79. The van der Waals surface area contributed by atoms with Crippen LogP contribution in [0.1, 0.15) is 50.5 Å². The molecule has 3 rings (SSSR count). The molecule has 2 aliphatic rings. The maximum Gasteiger partial charge on any atom is 0.230 e. The average Bonchev–Trinajstić information content (AvgIpc) is 2.61. The first-order chi connectivity index (χ1) is 11.2. The number of hydrogen-bond acceptors (Lipinski definition) is 2. The summed E-state index contributed by atoms with van der Waals surface area (Å²) in [5, 5.41) is 6.57. The van der Waals surface area contributed by atoms with Crippen molar-refractivity contribution in [3.05, 3.63) is 35.6 Å². The Morgan fingerprint density at radius 3 is 2.78 bits per heavy atom. The predicted molar refractivity (Wildman–Crippen MR) is 89.8 cm³/mol. The molecule has 4 heteroatoms. The molecule has 0 spiro atoms. The molecule has 1 unspecified atom stereocenters. The van der Waals surface area contributed by atoms with Gasteiger partial charge in [0.15, 0.2) is 0 Å². The smallest absolute Gasteiger partial charge is 0.230 e. The van der Waals surface area contributed by atoms with Crippen molar-refractivity contribution in [3.63, 3.8) is 0 Å². The van der Waals surface area contributed by atoms with E-state index in [0.29, 0.717) is 5.92 Å². The molecule has 1 aliphatic heterocycles. The molecule has 2 fully saturated rings. The summed E-state index contributed by atoms with van der Waals surface area (Å²) in [5.41, 5.74) is 0.305. The zero-order valence-electron chi connectivity index (χ0n) is 13.7. The summed E-state index contributed by atoms with van der Waals surface area (Å²) in [6, 6.07) is 6.63. The van der Waals surface area contributed by atoms with Crippen molar-refractivity contribution in [3.8, 4) is 0 Å². The monoisotopic (exact) mass is 318 g/mol. The lowest BCUT2D eigenvalue weighted by molar-refractivity contribution is -0.128. The van der Waals surface area contributed by atoms with E-state index in [1.807, 2.05) is 6.07 Å². The molecular formula is C19H27FN2O. The zero-order valence-corrected chi connectivity index (χ0v) is 13.7. The molecule has 0 radical (unpaired) electrons. The molecule has 1 atom stereocenters. The topological polar surface area (TPSA) is 41.1 Å². The third-order valence-electron chi connectivity index (χ3n) is 5.47. The highest BCUT2D eigenvalue weighted by molar-refractivity contribution is 5.88. The highest BCUT2D eigenvalue weighted by atomic mass is 19.1. The van der Waals surface area contributed by atoms with E-state index in [9.17, 15) is 9.18 Å². The average molecular weight is 318 g/mol. The van der Waals surface area contributed by atoms with Crippen LogP contribution in [0.25, 0.3) is 0 Å². The second-order valence-corrected chi connectivity index (χ2v) is 7.08. The third kappa shape index (κ3) is 3.74. The van der Waals surface area contributed by atoms with Gasteiger partial charge in [-0.3, -0.25) is 4.79 Å². The van der Waals surface area contributed by atoms with Gasteiger partial charge < -0.3 is 10.6 Å². The zero-order chi connectivity index (χ0) is 16.1. The first kappa shape index (κ1) is 16.4. The number of amides is 1. The Hall–Kier alpha value is -1.42. The van der Waals surface area contributed by atoms with Gasteiger partial charge in [-0.1, -0.05) is 31.4 Å². The second-order valence-electron chi connectivity index (χ2n) is 7.08. The van der Waals surface area contributed by atoms with Crippen molar-refractivity contribution >= 4 is 5.91 Å². The van der Waals surface area contributed by atoms with Gasteiger partial charge in [-0.25, -0.2) is 4.39 Å². The SMILES string of the molecule is O=C(NCC1CCCNC1)C1(c2cccc(F)c2)CCCCC1. The summed E-state index contributed by atoms with van der Waals surface area (Å²) >= 11 is 0. The van der Waals surface area contributed by atoms with Crippen molar-refractivity contribution in [2.24, 2.45) is 5.92 Å². The van der Waals surface area contributed by atoms with Gasteiger partial charge in [0.25, 0.3) is 0 Å². The molecule has 1 aromatic carbocycles. The molecule has 1 saturated heterocycles. The van der Waals surface area contributed by atoms with E-state index in [4.69, 9.17) is 0 Å². The van der Waals surface area contributed by atoms with Gasteiger partial charge in [-0.05, 0) is 62.4 Å². The normalized spacial score (nSPS) is 24.1. The summed E-state index contributed by atoms with van der Waals surface area (Å²) in [4.78, 5) is 13.0. The maximum absolute atomic E-state index is 13.7. The molecule has 0 bridgehead atoms. The third-order valence-corrected chi connectivity index (χ3v) is 5.47. The van der Waals surface area contributed by atoms with E-state index >= 15 is 0 Å². The fourth-order valence-corrected chi connectivity index (χ4v) is 4.09. The minimum absolute atomic E-state index is 0.0911. The lowest BCUT2D eigenvalue weighted by atomic mass is 9.68. The van der Waals surface area contributed by atoms with Crippen molar-refractivity contribution in [2.75, 3.05) is 19.6 Å². The molecule has 23 heavy (non-hydrogen) atoms. The van der Waals surface area contributed by atoms with Crippen molar-refractivity contribution in [1.82, 2.24) is 10.6 Å². The van der Waals surface area contributed by atoms with Crippen LogP contribution in [-0.4, -0.2) is 25.5 Å². The maximum atomic E-state index is 13.7. The summed E-state index contributed by atoms with van der Waals surface area (Å²) in [6.07, 6.45) is 7.23. The number of benzene rings is 1. The van der Waals surface area contributed by atoms with Crippen molar-refractivity contribution < 1.29 is 9.18 Å². The largest absolute Gasteiger partial charge is 0.355 e. The van der Waals surface area contributed by atoms with Gasteiger partial charge in [0.05, 0.1) is 5.41 Å². The van der Waals surface area contributed by atoms with Crippen LogP contribution in [0.5, 0.6) is 0 Å². The summed E-state index contributed by atoms with van der Waals surface area (Å²) < 4.78 is 13.7. The Balaban J connectivity index is 1.73. The van der Waals surface area contributed by atoms with Gasteiger partial charge in [0.1, 0.15) is 5.82 Å². The number of carbonyl (C=O) groups is 1. The van der Waals surface area contributed by atoms with E-state index in [0.717, 1.165) is 57.3 Å². The minimum Gasteiger partial charge on any atom is -0.355 e. The van der Waals surface area contributed by atoms with E-state index in [-0.39, 0.29) is 11.7 Å². The highest BCUT2D eigenvalue weighted by Crippen LogP contribution is 2.40. The Bertz CT molecular complexity index is 534. The lowest BCUT2D eigenvalue weighted by Gasteiger charge is -2.37. The molecule has 1 saturated carbocycles. The van der Waals surface area contributed by atoms with Gasteiger partial charge in [-0.2, -0.15) is 0 Å². The molecular weight excluding hydrogens is 291 g/mol. The van der Waals surface area contributed by atoms with Crippen molar-refractivity contribution in [2.45, 2.75) is 50.4 Å². The van der Waals surface area contributed by atoms with Crippen LogP contribution in [0, 0.1) is 11.7 Å². The Morgan fingerprint density at radius 2 is 2.09 bits per heavy atom. The Morgan fingerprint density at radius 1 is 1.26 bits per heavy atom. The van der Waals surface area contributed by atoms with E-state index in [2.05, 4.69) is 10.6 Å². The van der Waals surface area contributed by atoms with Gasteiger partial charge in [0.2, 0.25) is 5.91 Å². The minimum atomic E-state index is -0.539. The fourth-order valence-electron chi connectivity index (χ4n) is 4.09. The number of rotatable bonds is 4. The van der Waals surface area contributed by atoms with E-state index < -0.39 is 5.41 Å². The molecule has 1 aromatic rings. The van der Waals surface area contributed by atoms with Crippen LogP contribution in [0.4, 0.5) is 4.39 Å². The molecule has 2 N–H and O–H groups in total. The molecule has 3 nitrogen and oxygen atoms in total. The number of halogens is 1. The van der Waals surface area contributed by atoms with Crippen LogP contribution < -0.4 is 10.6 Å². The van der Waals surface area contributed by atoms with Crippen LogP contribution >= 0.6 is 0 Å². The van der Waals surface area contributed by atoms with Crippen molar-refractivity contribution in [1.29, 1.82) is 0 Å². The highest BCUT2D eigenvalue weighted by Gasteiger charge is 2.41. The lowest BCUT2D eigenvalue weighted by Crippen LogP contribution is -2.48. The fraction of sp³-hybridized carbons (Fsp3) is 0.632. The van der Waals surface area contributed by atoms with E-state index in [1.165, 1.54) is 18.9 Å². The number of nitrogens with one attached hydrogen (secondary N) is 2. The Kier molecular flexibility index (Phi) is 5.31. The van der Waals surface area contributed by atoms with Gasteiger partial charge in [0, 0.05) is 6.54 Å². The molecule has 1 aliphatic carbocycles. The number of piperidine rings is 1. The standard InChI is InChI=1S/C19H27FN2O/c20-17-8-4-7-16(12-17)19(9-2-1-3-10-19)18(23)22-14-15-6-5-11-21-13-15/h4,7-8,12,15,21H,1-3,5-6,9-11,13-14H2,(H,22,23). The summed E-state index contributed by atoms with van der Waals surface area (Å²) in [5.74, 6) is 0.353. The molecule has 1 heterocycles. The summed E-state index contributed by atoms with van der Waals surface area (Å²) in [7, 11) is 0. The number of hydrogen-bond donors (Lipinski definition) is 2.